The van der Waals surface area contributed by atoms with Crippen molar-refractivity contribution >= 4 is 17.5 Å². The third kappa shape index (κ3) is 4.98. The van der Waals surface area contributed by atoms with Crippen LogP contribution in [0, 0.1) is 0 Å². The third-order valence-corrected chi connectivity index (χ3v) is 3.98. The van der Waals surface area contributed by atoms with Crippen molar-refractivity contribution in [2.45, 2.75) is 19.3 Å². The highest BCUT2D eigenvalue weighted by Crippen LogP contribution is 2.24. The highest BCUT2D eigenvalue weighted by molar-refractivity contribution is 6.30. The molecule has 0 aromatic heterocycles. The number of aliphatic hydroxyl groups is 1. The molecule has 0 radical (unpaired) electrons. The van der Waals surface area contributed by atoms with Crippen LogP contribution in [0.5, 0.6) is 5.75 Å². The summed E-state index contributed by atoms with van der Waals surface area (Å²) >= 11 is 5.97. The average Bonchev–Trinajstić information content (AvgIpc) is 2.59. The summed E-state index contributed by atoms with van der Waals surface area (Å²) in [6.45, 7) is 2.82. The lowest BCUT2D eigenvalue weighted by molar-refractivity contribution is 0.0945. The van der Waals surface area contributed by atoms with Gasteiger partial charge in [0.25, 0.3) is 5.91 Å². The fourth-order valence-electron chi connectivity index (χ4n) is 2.54. The highest BCUT2D eigenvalue weighted by atomic mass is 35.5. The molecule has 1 amide bonds. The Labute approximate surface area is 147 Å². The van der Waals surface area contributed by atoms with Gasteiger partial charge < -0.3 is 15.2 Å². The van der Waals surface area contributed by atoms with Crippen LogP contribution in [0.25, 0.3) is 0 Å². The molecule has 0 saturated heterocycles. The molecule has 0 aliphatic rings. The van der Waals surface area contributed by atoms with Crippen molar-refractivity contribution in [3.05, 3.63) is 64.7 Å². The van der Waals surface area contributed by atoms with Crippen LogP contribution in [0.4, 0.5) is 0 Å². The highest BCUT2D eigenvalue weighted by Gasteiger charge is 2.16. The molecule has 2 aromatic rings. The van der Waals surface area contributed by atoms with E-state index in [0.29, 0.717) is 35.9 Å². The fourth-order valence-corrected chi connectivity index (χ4v) is 2.70. The maximum atomic E-state index is 12.5. The van der Waals surface area contributed by atoms with Gasteiger partial charge in [0, 0.05) is 24.1 Å². The van der Waals surface area contributed by atoms with E-state index in [2.05, 4.69) is 5.32 Å². The van der Waals surface area contributed by atoms with Crippen molar-refractivity contribution in [1.82, 2.24) is 5.32 Å². The molecule has 0 heterocycles. The number of carbonyl (C=O) groups is 1. The molecule has 0 bridgehead atoms. The molecule has 0 spiro atoms. The molecule has 0 saturated carbocycles. The number of benzene rings is 2. The van der Waals surface area contributed by atoms with Gasteiger partial charge in [-0.25, -0.2) is 0 Å². The van der Waals surface area contributed by atoms with Crippen molar-refractivity contribution in [2.24, 2.45) is 0 Å². The molecule has 2 N–H and O–H groups in total. The van der Waals surface area contributed by atoms with Gasteiger partial charge in [-0.3, -0.25) is 4.79 Å². The predicted octanol–water partition coefficient (Wildman–Crippen LogP) is 3.63. The third-order valence-electron chi connectivity index (χ3n) is 3.75. The predicted molar refractivity (Wildman–Crippen MR) is 95.8 cm³/mol. The second kappa shape index (κ2) is 9.30. The normalized spacial score (nSPS) is 11.8. The minimum Gasteiger partial charge on any atom is -0.493 e. The number of rotatable bonds is 8. The summed E-state index contributed by atoms with van der Waals surface area (Å²) in [6, 6.07) is 14.8. The smallest absolute Gasteiger partial charge is 0.255 e. The number of carbonyl (C=O) groups excluding carboxylic acids is 1. The number of ether oxygens (including phenoxy) is 1. The topological polar surface area (TPSA) is 58.6 Å². The Morgan fingerprint density at radius 1 is 1.25 bits per heavy atom. The van der Waals surface area contributed by atoms with Crippen molar-refractivity contribution < 1.29 is 14.6 Å². The van der Waals surface area contributed by atoms with E-state index in [9.17, 15) is 9.90 Å². The number of aliphatic hydroxyl groups excluding tert-OH is 1. The van der Waals surface area contributed by atoms with Crippen LogP contribution < -0.4 is 10.1 Å². The zero-order valence-corrected chi connectivity index (χ0v) is 14.4. The van der Waals surface area contributed by atoms with Crippen LogP contribution in [0.2, 0.25) is 5.02 Å². The standard InChI is InChI=1S/C19H22ClNO3/c1-2-24-18-12-16(20)8-9-17(18)19(23)21-13-15(10-11-22)14-6-4-3-5-7-14/h3-9,12,15,22H,2,10-11,13H2,1H3,(H,21,23). The Morgan fingerprint density at radius 3 is 2.67 bits per heavy atom. The van der Waals surface area contributed by atoms with Crippen LogP contribution in [0.15, 0.2) is 48.5 Å². The quantitative estimate of drug-likeness (QED) is 0.766. The van der Waals surface area contributed by atoms with Gasteiger partial charge >= 0.3 is 0 Å². The SMILES string of the molecule is CCOc1cc(Cl)ccc1C(=O)NCC(CCO)c1ccccc1. The van der Waals surface area contributed by atoms with E-state index in [4.69, 9.17) is 16.3 Å². The van der Waals surface area contributed by atoms with Crippen molar-refractivity contribution in [2.75, 3.05) is 19.8 Å². The summed E-state index contributed by atoms with van der Waals surface area (Å²) in [5, 5.41) is 12.7. The van der Waals surface area contributed by atoms with E-state index in [0.717, 1.165) is 5.56 Å². The largest absolute Gasteiger partial charge is 0.493 e. The van der Waals surface area contributed by atoms with E-state index in [1.54, 1.807) is 18.2 Å². The lowest BCUT2D eigenvalue weighted by Gasteiger charge is -2.18. The minimum atomic E-state index is -0.214. The van der Waals surface area contributed by atoms with Crippen molar-refractivity contribution in [1.29, 1.82) is 0 Å². The maximum Gasteiger partial charge on any atom is 0.255 e. The number of hydrogen-bond acceptors (Lipinski definition) is 3. The summed E-state index contributed by atoms with van der Waals surface area (Å²) in [5.74, 6) is 0.318. The molecule has 1 unspecified atom stereocenters. The van der Waals surface area contributed by atoms with Gasteiger partial charge in [-0.05, 0) is 37.1 Å². The van der Waals surface area contributed by atoms with Gasteiger partial charge in [-0.15, -0.1) is 0 Å². The van der Waals surface area contributed by atoms with Crippen LogP contribution in [0.3, 0.4) is 0 Å². The van der Waals surface area contributed by atoms with E-state index in [-0.39, 0.29) is 18.4 Å². The molecule has 4 nitrogen and oxygen atoms in total. The molecule has 24 heavy (non-hydrogen) atoms. The molecular formula is C19H22ClNO3. The Morgan fingerprint density at radius 2 is 2.00 bits per heavy atom. The van der Waals surface area contributed by atoms with Gasteiger partial charge in [0.2, 0.25) is 0 Å². The fraction of sp³-hybridized carbons (Fsp3) is 0.316. The first-order chi connectivity index (χ1) is 11.7. The van der Waals surface area contributed by atoms with Crippen LogP contribution >= 0.6 is 11.6 Å². The summed E-state index contributed by atoms with van der Waals surface area (Å²) in [6.07, 6.45) is 0.587. The lowest BCUT2D eigenvalue weighted by Crippen LogP contribution is -2.29. The average molecular weight is 348 g/mol. The van der Waals surface area contributed by atoms with Crippen molar-refractivity contribution in [3.63, 3.8) is 0 Å². The Bertz CT molecular complexity index is 661. The number of amides is 1. The molecule has 2 aromatic carbocycles. The minimum absolute atomic E-state index is 0.0583. The second-order valence-electron chi connectivity index (χ2n) is 5.40. The molecule has 0 aliphatic carbocycles. The summed E-state index contributed by atoms with van der Waals surface area (Å²) in [7, 11) is 0. The van der Waals surface area contributed by atoms with Crippen LogP contribution in [-0.2, 0) is 0 Å². The molecule has 2 rings (SSSR count). The van der Waals surface area contributed by atoms with Crippen LogP contribution in [-0.4, -0.2) is 30.8 Å². The van der Waals surface area contributed by atoms with Gasteiger partial charge in [0.05, 0.1) is 12.2 Å². The second-order valence-corrected chi connectivity index (χ2v) is 5.84. The number of hydrogen-bond donors (Lipinski definition) is 2. The van der Waals surface area contributed by atoms with E-state index in [1.165, 1.54) is 0 Å². The molecule has 1 atom stereocenters. The van der Waals surface area contributed by atoms with E-state index in [1.807, 2.05) is 37.3 Å². The summed E-state index contributed by atoms with van der Waals surface area (Å²) in [4.78, 5) is 12.5. The van der Waals surface area contributed by atoms with Gasteiger partial charge in [-0.2, -0.15) is 0 Å². The number of halogens is 1. The molecule has 0 fully saturated rings. The Kier molecular flexibility index (Phi) is 7.09. The zero-order chi connectivity index (χ0) is 17.4. The van der Waals surface area contributed by atoms with E-state index >= 15 is 0 Å². The van der Waals surface area contributed by atoms with Gasteiger partial charge in [-0.1, -0.05) is 41.9 Å². The van der Waals surface area contributed by atoms with Gasteiger partial charge in [0.15, 0.2) is 0 Å². The first kappa shape index (κ1) is 18.3. The summed E-state index contributed by atoms with van der Waals surface area (Å²) in [5.41, 5.74) is 1.55. The molecule has 128 valence electrons. The Balaban J connectivity index is 2.08. The zero-order valence-electron chi connectivity index (χ0n) is 13.7. The van der Waals surface area contributed by atoms with Crippen molar-refractivity contribution in [3.8, 4) is 5.75 Å². The Hall–Kier alpha value is -2.04. The van der Waals surface area contributed by atoms with Crippen LogP contribution in [0.1, 0.15) is 35.2 Å². The number of nitrogens with one attached hydrogen (secondary N) is 1. The maximum absolute atomic E-state index is 12.5. The first-order valence-electron chi connectivity index (χ1n) is 8.02. The monoisotopic (exact) mass is 347 g/mol. The molecule has 5 heteroatoms. The lowest BCUT2D eigenvalue weighted by atomic mass is 9.96. The molecular weight excluding hydrogens is 326 g/mol. The first-order valence-corrected chi connectivity index (χ1v) is 8.39. The molecule has 0 aliphatic heterocycles. The van der Waals surface area contributed by atoms with Gasteiger partial charge in [0.1, 0.15) is 5.75 Å². The summed E-state index contributed by atoms with van der Waals surface area (Å²) < 4.78 is 5.49. The van der Waals surface area contributed by atoms with E-state index < -0.39 is 0 Å².